The summed E-state index contributed by atoms with van der Waals surface area (Å²) in [6.07, 6.45) is 0. The smallest absolute Gasteiger partial charge is 0.338 e. The van der Waals surface area contributed by atoms with E-state index in [0.717, 1.165) is 0 Å². The van der Waals surface area contributed by atoms with Crippen molar-refractivity contribution in [1.82, 2.24) is 15.5 Å². The van der Waals surface area contributed by atoms with Crippen LogP contribution in [0, 0.1) is 5.82 Å². The van der Waals surface area contributed by atoms with Crippen LogP contribution in [0.15, 0.2) is 53.7 Å². The first-order valence-corrected chi connectivity index (χ1v) is 11.9. The van der Waals surface area contributed by atoms with Gasteiger partial charge in [-0.1, -0.05) is 18.2 Å². The summed E-state index contributed by atoms with van der Waals surface area (Å²) in [4.78, 5) is 29.9. The van der Waals surface area contributed by atoms with Gasteiger partial charge in [0.25, 0.3) is 0 Å². The van der Waals surface area contributed by atoms with Gasteiger partial charge in [0.2, 0.25) is 0 Å². The Hall–Kier alpha value is -3.79. The van der Waals surface area contributed by atoms with E-state index in [0.29, 0.717) is 66.7 Å². The molecule has 0 radical (unpaired) electrons. The van der Waals surface area contributed by atoms with Gasteiger partial charge in [0, 0.05) is 38.4 Å². The number of hydrogen-bond acceptors (Lipinski definition) is 7. The Morgan fingerprint density at radius 2 is 1.78 bits per heavy atom. The van der Waals surface area contributed by atoms with E-state index in [9.17, 15) is 14.0 Å². The zero-order valence-electron chi connectivity index (χ0n) is 20.7. The van der Waals surface area contributed by atoms with Gasteiger partial charge in [-0.25, -0.2) is 14.0 Å². The lowest BCUT2D eigenvalue weighted by atomic mass is 9.94. The van der Waals surface area contributed by atoms with E-state index >= 15 is 0 Å². The average Bonchev–Trinajstić information content (AvgIpc) is 2.89. The van der Waals surface area contributed by atoms with Gasteiger partial charge < -0.3 is 29.7 Å². The normalized spacial score (nSPS) is 18.4. The van der Waals surface area contributed by atoms with Crippen molar-refractivity contribution in [3.8, 4) is 11.5 Å². The molecule has 36 heavy (non-hydrogen) atoms. The van der Waals surface area contributed by atoms with Crippen LogP contribution in [0.3, 0.4) is 0 Å². The van der Waals surface area contributed by atoms with Crippen molar-refractivity contribution in [3.63, 3.8) is 0 Å². The van der Waals surface area contributed by atoms with Crippen LogP contribution >= 0.6 is 0 Å². The van der Waals surface area contributed by atoms with Crippen LogP contribution in [0.1, 0.15) is 18.5 Å². The maximum atomic E-state index is 14.2. The fourth-order valence-corrected chi connectivity index (χ4v) is 4.55. The number of nitrogens with one attached hydrogen (secondary N) is 2. The molecule has 2 aromatic carbocycles. The molecule has 2 amide bonds. The number of halogens is 1. The van der Waals surface area contributed by atoms with E-state index in [2.05, 4.69) is 15.5 Å². The monoisotopic (exact) mass is 498 g/mol. The molecule has 0 aromatic heterocycles. The minimum Gasteiger partial charge on any atom is -0.493 e. The molecule has 2 N–H and O–H groups in total. The van der Waals surface area contributed by atoms with Crippen LogP contribution in [0.25, 0.3) is 0 Å². The van der Waals surface area contributed by atoms with Crippen LogP contribution in [-0.2, 0) is 9.53 Å². The molecule has 0 spiro atoms. The molecule has 2 aliphatic heterocycles. The number of piperazine rings is 1. The zero-order chi connectivity index (χ0) is 25.7. The molecule has 4 rings (SSSR count). The Balaban J connectivity index is 1.60. The lowest BCUT2D eigenvalue weighted by Crippen LogP contribution is -2.52. The van der Waals surface area contributed by atoms with Crippen molar-refractivity contribution in [1.29, 1.82) is 0 Å². The molecule has 1 saturated heterocycles. The van der Waals surface area contributed by atoms with Gasteiger partial charge in [0.15, 0.2) is 11.5 Å². The number of ether oxygens (including phenoxy) is 3. The number of urea groups is 1. The highest BCUT2D eigenvalue weighted by Crippen LogP contribution is 2.34. The number of hydrogen-bond donors (Lipinski definition) is 2. The van der Waals surface area contributed by atoms with Gasteiger partial charge in [-0.2, -0.15) is 0 Å². The topological polar surface area (TPSA) is 92.4 Å². The predicted octanol–water partition coefficient (Wildman–Crippen LogP) is 2.84. The van der Waals surface area contributed by atoms with Crippen LogP contribution in [0.5, 0.6) is 11.5 Å². The average molecular weight is 499 g/mol. The third-order valence-electron chi connectivity index (χ3n) is 6.34. The number of anilines is 1. The number of methoxy groups -OCH3 is 2. The summed E-state index contributed by atoms with van der Waals surface area (Å²) < 4.78 is 30.3. The SMILES string of the molecule is CCOC(=O)C1=C(CN2CCN(c3ccccc3F)CC2)NC(=O)N[C@H]1c1ccc(OC)c(OC)c1. The lowest BCUT2D eigenvalue weighted by molar-refractivity contribution is -0.139. The Morgan fingerprint density at radius 3 is 2.44 bits per heavy atom. The molecular formula is C26H31FN4O5. The highest BCUT2D eigenvalue weighted by Gasteiger charge is 2.35. The van der Waals surface area contributed by atoms with E-state index in [4.69, 9.17) is 14.2 Å². The van der Waals surface area contributed by atoms with Crippen molar-refractivity contribution < 1.29 is 28.2 Å². The Morgan fingerprint density at radius 1 is 1.06 bits per heavy atom. The number of carbonyl (C=O) groups excluding carboxylic acids is 2. The molecule has 9 nitrogen and oxygen atoms in total. The van der Waals surface area contributed by atoms with Crippen LogP contribution in [-0.4, -0.2) is 70.5 Å². The summed E-state index contributed by atoms with van der Waals surface area (Å²) in [7, 11) is 3.06. The number of carbonyl (C=O) groups is 2. The molecule has 1 atom stereocenters. The number of benzene rings is 2. The highest BCUT2D eigenvalue weighted by atomic mass is 19.1. The van der Waals surface area contributed by atoms with Gasteiger partial charge >= 0.3 is 12.0 Å². The molecule has 1 fully saturated rings. The fourth-order valence-electron chi connectivity index (χ4n) is 4.55. The number of esters is 1. The third kappa shape index (κ3) is 5.38. The molecule has 192 valence electrons. The van der Waals surface area contributed by atoms with Gasteiger partial charge in [0.05, 0.1) is 38.1 Å². The second-order valence-corrected chi connectivity index (χ2v) is 8.47. The maximum absolute atomic E-state index is 14.2. The Kier molecular flexibility index (Phi) is 7.94. The largest absolute Gasteiger partial charge is 0.493 e. The number of para-hydroxylation sites is 1. The van der Waals surface area contributed by atoms with E-state index in [-0.39, 0.29) is 12.4 Å². The standard InChI is InChI=1S/C26H31FN4O5/c1-4-36-25(32)23-19(16-30-11-13-31(14-12-30)20-8-6-5-7-18(20)27)28-26(33)29-24(23)17-9-10-21(34-2)22(15-17)35-3/h5-10,15,24H,4,11-14,16H2,1-3H3,(H2,28,29,33)/t24-/m0/s1. The second-order valence-electron chi connectivity index (χ2n) is 8.47. The Labute approximate surface area is 209 Å². The number of amides is 2. The first-order chi connectivity index (χ1) is 17.4. The molecule has 0 saturated carbocycles. The van der Waals surface area contributed by atoms with Crippen molar-refractivity contribution >= 4 is 17.7 Å². The van der Waals surface area contributed by atoms with Crippen LogP contribution in [0.4, 0.5) is 14.9 Å². The number of nitrogens with zero attached hydrogens (tertiary/aromatic N) is 2. The zero-order valence-corrected chi connectivity index (χ0v) is 20.7. The van der Waals surface area contributed by atoms with Crippen molar-refractivity contribution in [3.05, 3.63) is 65.1 Å². The molecule has 2 aromatic rings. The van der Waals surface area contributed by atoms with E-state index in [1.165, 1.54) is 20.3 Å². The summed E-state index contributed by atoms with van der Waals surface area (Å²) in [5.74, 6) is 0.263. The maximum Gasteiger partial charge on any atom is 0.338 e. The summed E-state index contributed by atoms with van der Waals surface area (Å²) in [5, 5.41) is 5.65. The minimum atomic E-state index is -0.729. The summed E-state index contributed by atoms with van der Waals surface area (Å²) >= 11 is 0. The molecule has 0 unspecified atom stereocenters. The van der Waals surface area contributed by atoms with Gasteiger partial charge in [0.1, 0.15) is 5.82 Å². The van der Waals surface area contributed by atoms with Crippen molar-refractivity contribution in [2.45, 2.75) is 13.0 Å². The van der Waals surface area contributed by atoms with Gasteiger partial charge in [-0.15, -0.1) is 0 Å². The number of rotatable bonds is 8. The first kappa shape index (κ1) is 25.3. The lowest BCUT2D eigenvalue weighted by Gasteiger charge is -2.38. The molecule has 0 aliphatic carbocycles. The molecular weight excluding hydrogens is 467 g/mol. The Bertz CT molecular complexity index is 1150. The quantitative estimate of drug-likeness (QED) is 0.541. The van der Waals surface area contributed by atoms with Gasteiger partial charge in [-0.05, 0) is 36.8 Å². The highest BCUT2D eigenvalue weighted by molar-refractivity contribution is 5.95. The summed E-state index contributed by atoms with van der Waals surface area (Å²) in [5.41, 5.74) is 2.05. The molecule has 2 aliphatic rings. The first-order valence-electron chi connectivity index (χ1n) is 11.9. The molecule has 0 bridgehead atoms. The van der Waals surface area contributed by atoms with Crippen LogP contribution < -0.4 is 25.0 Å². The predicted molar refractivity (Wildman–Crippen MR) is 133 cm³/mol. The van der Waals surface area contributed by atoms with E-state index in [1.807, 2.05) is 11.0 Å². The summed E-state index contributed by atoms with van der Waals surface area (Å²) in [6.45, 7) is 4.79. The second kappa shape index (κ2) is 11.3. The molecule has 10 heteroatoms. The van der Waals surface area contributed by atoms with Crippen molar-refractivity contribution in [2.24, 2.45) is 0 Å². The van der Waals surface area contributed by atoms with Crippen molar-refractivity contribution in [2.75, 3.05) is 58.5 Å². The van der Waals surface area contributed by atoms with Crippen LogP contribution in [0.2, 0.25) is 0 Å². The third-order valence-corrected chi connectivity index (χ3v) is 6.34. The fraction of sp³-hybridized carbons (Fsp3) is 0.385. The summed E-state index contributed by atoms with van der Waals surface area (Å²) in [6, 6.07) is 10.8. The van der Waals surface area contributed by atoms with E-state index in [1.54, 1.807) is 37.3 Å². The van der Waals surface area contributed by atoms with Gasteiger partial charge in [-0.3, -0.25) is 4.90 Å². The minimum absolute atomic E-state index is 0.198. The molecule has 2 heterocycles. The van der Waals surface area contributed by atoms with E-state index < -0.39 is 18.0 Å².